The van der Waals surface area contributed by atoms with Crippen molar-refractivity contribution in [2.75, 3.05) is 6.54 Å². The van der Waals surface area contributed by atoms with Crippen LogP contribution in [0.4, 0.5) is 0 Å². The van der Waals surface area contributed by atoms with Crippen LogP contribution >= 0.6 is 24.0 Å². The summed E-state index contributed by atoms with van der Waals surface area (Å²) in [6.45, 7) is 6.42. The molecule has 0 heterocycles. The van der Waals surface area contributed by atoms with Gasteiger partial charge in [0.05, 0.1) is 17.6 Å². The average molecular weight is 349 g/mol. The molecular weight excluding hydrogens is 323 g/mol. The summed E-state index contributed by atoms with van der Waals surface area (Å²) in [6.07, 6.45) is 1.52. The van der Waals surface area contributed by atoms with Crippen molar-refractivity contribution in [2.45, 2.75) is 45.8 Å². The molecule has 6 heteroatoms. The predicted octanol–water partition coefficient (Wildman–Crippen LogP) is 3.41. The second-order valence-corrected chi connectivity index (χ2v) is 5.64. The monoisotopic (exact) mass is 348 g/mol. The Morgan fingerprint density at radius 1 is 1.32 bits per heavy atom. The molecule has 3 unspecified atom stereocenters. The summed E-state index contributed by atoms with van der Waals surface area (Å²) in [5.74, 6) is 0.659. The SMILES string of the molecule is CCC(CNC(=O)C(N)C(C)CC)Oc1ccccc1Cl.Cl. The molecule has 0 saturated heterocycles. The van der Waals surface area contributed by atoms with E-state index >= 15 is 0 Å². The largest absolute Gasteiger partial charge is 0.487 e. The van der Waals surface area contributed by atoms with E-state index in [4.69, 9.17) is 22.1 Å². The van der Waals surface area contributed by atoms with Gasteiger partial charge in [-0.1, -0.05) is 50.9 Å². The Morgan fingerprint density at radius 3 is 2.50 bits per heavy atom. The lowest BCUT2D eigenvalue weighted by Gasteiger charge is -2.22. The standard InChI is InChI=1S/C16H25ClN2O2.ClH/c1-4-11(3)15(18)16(20)19-10-12(5-2)21-14-9-7-6-8-13(14)17;/h6-9,11-12,15H,4-5,10,18H2,1-3H3,(H,19,20);1H. The highest BCUT2D eigenvalue weighted by molar-refractivity contribution is 6.32. The van der Waals surface area contributed by atoms with Crippen LogP contribution in [0.5, 0.6) is 5.75 Å². The maximum atomic E-state index is 12.0. The van der Waals surface area contributed by atoms with Crippen molar-refractivity contribution < 1.29 is 9.53 Å². The minimum Gasteiger partial charge on any atom is -0.487 e. The number of hydrogen-bond acceptors (Lipinski definition) is 3. The number of benzene rings is 1. The molecule has 1 aromatic rings. The first kappa shape index (κ1) is 21.0. The molecule has 0 aliphatic heterocycles. The second kappa shape index (κ2) is 10.7. The second-order valence-electron chi connectivity index (χ2n) is 5.23. The summed E-state index contributed by atoms with van der Waals surface area (Å²) in [5.41, 5.74) is 5.90. The van der Waals surface area contributed by atoms with Crippen LogP contribution in [-0.4, -0.2) is 24.6 Å². The molecular formula is C16H26Cl2N2O2. The van der Waals surface area contributed by atoms with E-state index in [9.17, 15) is 4.79 Å². The van der Waals surface area contributed by atoms with Gasteiger partial charge in [0.25, 0.3) is 0 Å². The van der Waals surface area contributed by atoms with Crippen LogP contribution in [-0.2, 0) is 4.79 Å². The number of para-hydroxylation sites is 1. The van der Waals surface area contributed by atoms with E-state index in [1.54, 1.807) is 6.07 Å². The van der Waals surface area contributed by atoms with E-state index in [1.807, 2.05) is 39.0 Å². The zero-order valence-electron chi connectivity index (χ0n) is 13.3. The fourth-order valence-corrected chi connectivity index (χ4v) is 2.01. The highest BCUT2D eigenvalue weighted by Gasteiger charge is 2.20. The fourth-order valence-electron chi connectivity index (χ4n) is 1.83. The molecule has 22 heavy (non-hydrogen) atoms. The summed E-state index contributed by atoms with van der Waals surface area (Å²) >= 11 is 6.07. The minimum absolute atomic E-state index is 0. The van der Waals surface area contributed by atoms with Crippen LogP contribution in [0, 0.1) is 5.92 Å². The summed E-state index contributed by atoms with van der Waals surface area (Å²) in [6, 6.07) is 6.83. The lowest BCUT2D eigenvalue weighted by molar-refractivity contribution is -0.123. The number of amides is 1. The van der Waals surface area contributed by atoms with Gasteiger partial charge in [0.1, 0.15) is 11.9 Å². The lowest BCUT2D eigenvalue weighted by Crippen LogP contribution is -2.47. The number of nitrogens with one attached hydrogen (secondary N) is 1. The molecule has 126 valence electrons. The molecule has 1 amide bonds. The smallest absolute Gasteiger partial charge is 0.237 e. The highest BCUT2D eigenvalue weighted by Crippen LogP contribution is 2.24. The molecule has 0 aromatic heterocycles. The van der Waals surface area contributed by atoms with E-state index < -0.39 is 6.04 Å². The van der Waals surface area contributed by atoms with Crippen molar-refractivity contribution in [1.29, 1.82) is 0 Å². The first-order valence-electron chi connectivity index (χ1n) is 7.44. The van der Waals surface area contributed by atoms with Crippen LogP contribution in [0.2, 0.25) is 5.02 Å². The third-order valence-electron chi connectivity index (χ3n) is 3.65. The van der Waals surface area contributed by atoms with Gasteiger partial charge in [0.2, 0.25) is 5.91 Å². The van der Waals surface area contributed by atoms with Crippen LogP contribution in [0.1, 0.15) is 33.6 Å². The number of ether oxygens (including phenoxy) is 1. The van der Waals surface area contributed by atoms with Gasteiger partial charge in [-0.15, -0.1) is 12.4 Å². The van der Waals surface area contributed by atoms with Gasteiger partial charge in [-0.2, -0.15) is 0 Å². The van der Waals surface area contributed by atoms with Crippen LogP contribution in [0.15, 0.2) is 24.3 Å². The molecule has 3 atom stereocenters. The van der Waals surface area contributed by atoms with Gasteiger partial charge >= 0.3 is 0 Å². The van der Waals surface area contributed by atoms with Gasteiger partial charge in [-0.05, 0) is 24.5 Å². The molecule has 0 spiro atoms. The lowest BCUT2D eigenvalue weighted by atomic mass is 9.99. The highest BCUT2D eigenvalue weighted by atomic mass is 35.5. The zero-order chi connectivity index (χ0) is 15.8. The predicted molar refractivity (Wildman–Crippen MR) is 93.8 cm³/mol. The van der Waals surface area contributed by atoms with Gasteiger partial charge < -0.3 is 15.8 Å². The quantitative estimate of drug-likeness (QED) is 0.756. The Morgan fingerprint density at radius 2 is 1.95 bits per heavy atom. The summed E-state index contributed by atoms with van der Waals surface area (Å²) < 4.78 is 5.82. The van der Waals surface area contributed by atoms with Gasteiger partial charge in [-0.25, -0.2) is 0 Å². The molecule has 1 aromatic carbocycles. The van der Waals surface area contributed by atoms with E-state index in [1.165, 1.54) is 0 Å². The van der Waals surface area contributed by atoms with Crippen molar-refractivity contribution in [3.05, 3.63) is 29.3 Å². The molecule has 3 N–H and O–H groups in total. The topological polar surface area (TPSA) is 64.4 Å². The Bertz CT molecular complexity index is 458. The Hall–Kier alpha value is -0.970. The molecule has 1 rings (SSSR count). The fraction of sp³-hybridized carbons (Fsp3) is 0.562. The van der Waals surface area contributed by atoms with Crippen molar-refractivity contribution in [1.82, 2.24) is 5.32 Å². The van der Waals surface area contributed by atoms with Gasteiger partial charge in [0, 0.05) is 0 Å². The summed E-state index contributed by atoms with van der Waals surface area (Å²) in [4.78, 5) is 12.0. The van der Waals surface area contributed by atoms with Crippen molar-refractivity contribution in [3.63, 3.8) is 0 Å². The number of halogens is 2. The number of carbonyl (C=O) groups is 1. The van der Waals surface area contributed by atoms with Crippen LogP contribution in [0.3, 0.4) is 0 Å². The maximum absolute atomic E-state index is 12.0. The third-order valence-corrected chi connectivity index (χ3v) is 3.96. The van der Waals surface area contributed by atoms with Gasteiger partial charge in [-0.3, -0.25) is 4.79 Å². The van der Waals surface area contributed by atoms with E-state index in [0.717, 1.165) is 12.8 Å². The number of rotatable bonds is 8. The molecule has 0 aliphatic carbocycles. The van der Waals surface area contributed by atoms with Crippen LogP contribution < -0.4 is 15.8 Å². The van der Waals surface area contributed by atoms with Crippen LogP contribution in [0.25, 0.3) is 0 Å². The van der Waals surface area contributed by atoms with Gasteiger partial charge in [0.15, 0.2) is 0 Å². The summed E-state index contributed by atoms with van der Waals surface area (Å²) in [7, 11) is 0. The Labute approximate surface area is 144 Å². The van der Waals surface area contributed by atoms with Crippen molar-refractivity contribution in [3.8, 4) is 5.75 Å². The molecule has 0 bridgehead atoms. The molecule has 4 nitrogen and oxygen atoms in total. The minimum atomic E-state index is -0.479. The number of hydrogen-bond donors (Lipinski definition) is 2. The van der Waals surface area contributed by atoms with Crippen molar-refractivity contribution in [2.24, 2.45) is 11.7 Å². The van der Waals surface area contributed by atoms with Crippen molar-refractivity contribution >= 4 is 29.9 Å². The molecule has 0 saturated carbocycles. The maximum Gasteiger partial charge on any atom is 0.237 e. The molecule has 0 radical (unpaired) electrons. The summed E-state index contributed by atoms with van der Waals surface area (Å²) in [5, 5.41) is 3.42. The van der Waals surface area contributed by atoms with E-state index in [0.29, 0.717) is 17.3 Å². The molecule has 0 fully saturated rings. The Balaban J connectivity index is 0.00000441. The number of carbonyl (C=O) groups excluding carboxylic acids is 1. The van der Waals surface area contributed by atoms with E-state index in [2.05, 4.69) is 5.32 Å². The normalized spacial score (nSPS) is 14.4. The number of nitrogens with two attached hydrogens (primary N) is 1. The third kappa shape index (κ3) is 6.42. The molecule has 0 aliphatic rings. The zero-order valence-corrected chi connectivity index (χ0v) is 14.9. The average Bonchev–Trinajstić information content (AvgIpc) is 2.51. The first-order valence-corrected chi connectivity index (χ1v) is 7.81. The van der Waals surface area contributed by atoms with E-state index in [-0.39, 0.29) is 30.3 Å². The first-order chi connectivity index (χ1) is 9.99. The Kier molecular flexibility index (Phi) is 10.2.